The van der Waals surface area contributed by atoms with E-state index in [0.29, 0.717) is 45.6 Å². The van der Waals surface area contributed by atoms with Gasteiger partial charge in [0.15, 0.2) is 0 Å². The number of β-amino-alcohol motifs (C(OH)–C–C–N with tert-alkyl or cyclic N) is 1. The molecule has 0 aromatic carbocycles. The van der Waals surface area contributed by atoms with Crippen LogP contribution in [0.3, 0.4) is 0 Å². The molecule has 4 aliphatic rings. The molecule has 42 heavy (non-hydrogen) atoms. The third-order valence-corrected chi connectivity index (χ3v) is 9.41. The number of hydrogen-bond donors (Lipinski definition) is 2. The topological polar surface area (TPSA) is 138 Å². The van der Waals surface area contributed by atoms with Crippen LogP contribution in [0.15, 0.2) is 25.3 Å². The Kier molecular flexibility index (Phi) is 11.2. The average Bonchev–Trinajstić information content (AvgIpc) is 3.56. The van der Waals surface area contributed by atoms with E-state index in [1.165, 1.54) is 4.90 Å². The van der Waals surface area contributed by atoms with E-state index >= 15 is 0 Å². The second-order valence-electron chi connectivity index (χ2n) is 11.3. The first-order valence-corrected chi connectivity index (χ1v) is 15.6. The quantitative estimate of drug-likeness (QED) is 0.143. The van der Waals surface area contributed by atoms with E-state index in [1.54, 1.807) is 24.0 Å². The minimum Gasteiger partial charge on any atom is -0.460 e. The Bertz CT molecular complexity index is 1040. The number of morpholine rings is 1. The summed E-state index contributed by atoms with van der Waals surface area (Å²) in [6.07, 6.45) is 3.20. The van der Waals surface area contributed by atoms with Crippen molar-refractivity contribution in [2.24, 2.45) is 11.8 Å². The van der Waals surface area contributed by atoms with Gasteiger partial charge in [-0.1, -0.05) is 28.1 Å². The molecule has 13 heteroatoms. The number of carbonyl (C=O) groups is 4. The first kappa shape index (κ1) is 32.6. The summed E-state index contributed by atoms with van der Waals surface area (Å²) in [5.74, 6) is -3.34. The summed E-state index contributed by atoms with van der Waals surface area (Å²) < 4.78 is 17.6. The van der Waals surface area contributed by atoms with Crippen molar-refractivity contribution < 1.29 is 38.5 Å². The smallest absolute Gasteiger partial charge is 0.312 e. The molecule has 1 unspecified atom stereocenters. The molecule has 0 aromatic heterocycles. The monoisotopic (exact) mass is 654 g/mol. The van der Waals surface area contributed by atoms with Gasteiger partial charge in [0.2, 0.25) is 17.7 Å². The first-order chi connectivity index (χ1) is 20.2. The average molecular weight is 656 g/mol. The lowest BCUT2D eigenvalue weighted by Crippen LogP contribution is -2.58. The standard InChI is InChI=1S/C29H43BrN4O8/c1-4-6-7-21(36)31-18-19(3)41-28(39)22-23-26(37)34(11-14-35)25(29(23)17-20(30)24(22)42-29)27(38)33(8-5-2)10-9-32-12-15-40-16-13-32/h4-5,19-20,22-25,35H,1-2,6-18H2,3H3,(H,31,36)/t19-,20?,22-,23+,24-,25-,29+/m1/s1. The summed E-state index contributed by atoms with van der Waals surface area (Å²) in [4.78, 5) is 58.7. The zero-order chi connectivity index (χ0) is 30.4. The fourth-order valence-corrected chi connectivity index (χ4v) is 7.57. The van der Waals surface area contributed by atoms with Crippen molar-refractivity contribution in [3.8, 4) is 0 Å². The molecule has 0 aromatic rings. The first-order valence-electron chi connectivity index (χ1n) is 14.7. The van der Waals surface area contributed by atoms with Crippen LogP contribution in [0.1, 0.15) is 26.2 Å². The van der Waals surface area contributed by atoms with Gasteiger partial charge in [-0.3, -0.25) is 24.1 Å². The number of hydrogen-bond acceptors (Lipinski definition) is 9. The molecule has 4 rings (SSSR count). The van der Waals surface area contributed by atoms with Gasteiger partial charge in [-0.25, -0.2) is 0 Å². The highest BCUT2D eigenvalue weighted by molar-refractivity contribution is 9.09. The van der Waals surface area contributed by atoms with E-state index in [-0.39, 0.29) is 42.9 Å². The van der Waals surface area contributed by atoms with Gasteiger partial charge in [0.05, 0.1) is 44.3 Å². The van der Waals surface area contributed by atoms with Crippen molar-refractivity contribution in [3.63, 3.8) is 0 Å². The molecule has 2 N–H and O–H groups in total. The number of likely N-dealkylation sites (tertiary alicyclic amines) is 1. The molecule has 4 heterocycles. The molecular formula is C29H43BrN4O8. The van der Waals surface area contributed by atoms with Gasteiger partial charge in [-0.15, -0.1) is 13.2 Å². The van der Waals surface area contributed by atoms with Crippen molar-refractivity contribution >= 4 is 39.6 Å². The Morgan fingerprint density at radius 2 is 2.00 bits per heavy atom. The molecule has 3 amide bonds. The Morgan fingerprint density at radius 1 is 1.26 bits per heavy atom. The van der Waals surface area contributed by atoms with Crippen LogP contribution in [-0.4, -0.2) is 138 Å². The molecule has 1 spiro atoms. The van der Waals surface area contributed by atoms with Gasteiger partial charge in [-0.2, -0.15) is 0 Å². The number of nitrogens with one attached hydrogen (secondary N) is 1. The Balaban J connectivity index is 1.52. The summed E-state index contributed by atoms with van der Waals surface area (Å²) in [7, 11) is 0. The van der Waals surface area contributed by atoms with Crippen LogP contribution in [0.25, 0.3) is 0 Å². The van der Waals surface area contributed by atoms with Gasteiger partial charge >= 0.3 is 5.97 Å². The van der Waals surface area contributed by atoms with Gasteiger partial charge in [-0.05, 0) is 19.8 Å². The number of ether oxygens (including phenoxy) is 3. The molecule has 4 saturated heterocycles. The lowest BCUT2D eigenvalue weighted by atomic mass is 9.70. The van der Waals surface area contributed by atoms with Gasteiger partial charge in [0.25, 0.3) is 0 Å². The van der Waals surface area contributed by atoms with Gasteiger partial charge in [0.1, 0.15) is 17.7 Å². The van der Waals surface area contributed by atoms with Crippen molar-refractivity contribution in [2.75, 3.05) is 65.6 Å². The van der Waals surface area contributed by atoms with Crippen LogP contribution in [-0.2, 0) is 33.4 Å². The maximum atomic E-state index is 14.3. The fourth-order valence-electron chi connectivity index (χ4n) is 6.63. The number of halogens is 1. The number of carbonyl (C=O) groups excluding carboxylic acids is 4. The summed E-state index contributed by atoms with van der Waals surface area (Å²) in [5, 5.41) is 12.6. The second kappa shape index (κ2) is 14.4. The highest BCUT2D eigenvalue weighted by Crippen LogP contribution is 2.60. The van der Waals surface area contributed by atoms with Crippen molar-refractivity contribution in [2.45, 2.75) is 54.9 Å². The van der Waals surface area contributed by atoms with Crippen LogP contribution in [0.4, 0.5) is 0 Å². The predicted octanol–water partition coefficient (Wildman–Crippen LogP) is 0.0876. The van der Waals surface area contributed by atoms with Crippen LogP contribution in [0.5, 0.6) is 0 Å². The highest BCUT2D eigenvalue weighted by Gasteiger charge is 2.77. The minimum absolute atomic E-state index is 0.0607. The summed E-state index contributed by atoms with van der Waals surface area (Å²) in [6.45, 7) is 13.0. The third-order valence-electron chi connectivity index (χ3n) is 8.57. The maximum Gasteiger partial charge on any atom is 0.312 e. The van der Waals surface area contributed by atoms with Crippen molar-refractivity contribution in [1.29, 1.82) is 0 Å². The van der Waals surface area contributed by atoms with Crippen molar-refractivity contribution in [1.82, 2.24) is 20.0 Å². The molecule has 7 atom stereocenters. The zero-order valence-electron chi connectivity index (χ0n) is 24.2. The summed E-state index contributed by atoms with van der Waals surface area (Å²) in [6, 6.07) is -1.00. The normalized spacial score (nSPS) is 31.0. The van der Waals surface area contributed by atoms with E-state index in [9.17, 15) is 24.3 Å². The number of aliphatic hydroxyl groups excluding tert-OH is 1. The number of aliphatic hydroxyl groups is 1. The molecule has 234 valence electrons. The molecule has 4 fully saturated rings. The molecule has 0 aliphatic carbocycles. The van der Waals surface area contributed by atoms with Crippen LogP contribution in [0.2, 0.25) is 0 Å². The number of alkyl halides is 1. The molecule has 2 bridgehead atoms. The number of rotatable bonds is 15. The Hall–Kier alpha value is -2.32. The van der Waals surface area contributed by atoms with E-state index in [0.717, 1.165) is 13.1 Å². The fraction of sp³-hybridized carbons (Fsp3) is 0.724. The van der Waals surface area contributed by atoms with Gasteiger partial charge in [0, 0.05) is 50.5 Å². The highest BCUT2D eigenvalue weighted by atomic mass is 79.9. The molecule has 0 saturated carbocycles. The predicted molar refractivity (Wildman–Crippen MR) is 157 cm³/mol. The number of allylic oxidation sites excluding steroid dienone is 1. The Labute approximate surface area is 255 Å². The maximum absolute atomic E-state index is 14.3. The second-order valence-corrected chi connectivity index (χ2v) is 12.5. The van der Waals surface area contributed by atoms with E-state index < -0.39 is 47.6 Å². The largest absolute Gasteiger partial charge is 0.460 e. The molecule has 12 nitrogen and oxygen atoms in total. The number of amides is 3. The van der Waals surface area contributed by atoms with Crippen LogP contribution in [0, 0.1) is 11.8 Å². The molecule has 4 aliphatic heterocycles. The zero-order valence-corrected chi connectivity index (χ0v) is 25.8. The lowest BCUT2D eigenvalue weighted by Gasteiger charge is -2.37. The van der Waals surface area contributed by atoms with Crippen molar-refractivity contribution in [3.05, 3.63) is 25.3 Å². The van der Waals surface area contributed by atoms with E-state index in [1.807, 2.05) is 0 Å². The SMILES string of the molecule is C=CCCC(=O)NC[C@@H](C)OC(=O)[C@H]1[C@@H]2O[C@@]3(CC2Br)[C@@H]1C(=O)N(CCO)[C@@H]3C(=O)N(CC=C)CCN1CCOCC1. The van der Waals surface area contributed by atoms with Crippen LogP contribution < -0.4 is 5.32 Å². The number of esters is 1. The Morgan fingerprint density at radius 3 is 2.67 bits per heavy atom. The van der Waals surface area contributed by atoms with Gasteiger partial charge < -0.3 is 34.4 Å². The third kappa shape index (κ3) is 6.59. The molecular weight excluding hydrogens is 612 g/mol. The summed E-state index contributed by atoms with van der Waals surface area (Å²) >= 11 is 3.64. The number of nitrogens with zero attached hydrogens (tertiary/aromatic N) is 3. The molecule has 0 radical (unpaired) electrons. The van der Waals surface area contributed by atoms with E-state index in [4.69, 9.17) is 14.2 Å². The minimum atomic E-state index is -1.24. The summed E-state index contributed by atoms with van der Waals surface area (Å²) in [5.41, 5.74) is -1.24. The van der Waals surface area contributed by atoms with E-state index in [2.05, 4.69) is 39.3 Å². The number of fused-ring (bicyclic) bond motifs is 1. The van der Waals surface area contributed by atoms with Crippen LogP contribution >= 0.6 is 15.9 Å². The lowest BCUT2D eigenvalue weighted by molar-refractivity contribution is -0.159.